The van der Waals surface area contributed by atoms with Gasteiger partial charge in [0, 0.05) is 23.8 Å². The second-order valence-electron chi connectivity index (χ2n) is 7.88. The molecule has 0 radical (unpaired) electrons. The van der Waals surface area contributed by atoms with Gasteiger partial charge in [0.05, 0.1) is 38.8 Å². The zero-order valence-corrected chi connectivity index (χ0v) is 21.3. The highest BCUT2D eigenvalue weighted by atomic mass is 35.5. The first-order chi connectivity index (χ1) is 16.5. The van der Waals surface area contributed by atoms with Crippen LogP contribution in [0, 0.1) is 0 Å². The van der Waals surface area contributed by atoms with Crippen LogP contribution in [0.2, 0.25) is 5.02 Å². The lowest BCUT2D eigenvalue weighted by atomic mass is 10.2. The minimum atomic E-state index is -3.91. The molecule has 190 valence electrons. The van der Waals surface area contributed by atoms with Gasteiger partial charge in [0.1, 0.15) is 16.4 Å². The summed E-state index contributed by atoms with van der Waals surface area (Å²) < 4.78 is 69.7. The molecule has 1 fully saturated rings. The molecular weight excluding hydrogens is 522 g/mol. The summed E-state index contributed by atoms with van der Waals surface area (Å²) in [6, 6.07) is 8.67. The van der Waals surface area contributed by atoms with Crippen molar-refractivity contribution in [3.63, 3.8) is 0 Å². The maximum Gasteiger partial charge on any atom is 0.267 e. The number of rotatable bonds is 6. The van der Waals surface area contributed by atoms with Crippen molar-refractivity contribution in [2.24, 2.45) is 0 Å². The second kappa shape index (κ2) is 9.82. The Hall–Kier alpha value is -2.58. The number of morpholine rings is 1. The van der Waals surface area contributed by atoms with E-state index in [0.717, 1.165) is 10.6 Å². The zero-order valence-electron chi connectivity index (χ0n) is 18.9. The van der Waals surface area contributed by atoms with Crippen LogP contribution in [-0.2, 0) is 29.6 Å². The van der Waals surface area contributed by atoms with Crippen LogP contribution in [-0.4, -0.2) is 79.4 Å². The van der Waals surface area contributed by atoms with Gasteiger partial charge in [0.25, 0.3) is 5.91 Å². The lowest BCUT2D eigenvalue weighted by Crippen LogP contribution is -2.48. The molecule has 2 aliphatic rings. The highest BCUT2D eigenvalue weighted by Crippen LogP contribution is 2.37. The van der Waals surface area contributed by atoms with E-state index in [0.29, 0.717) is 5.02 Å². The van der Waals surface area contributed by atoms with Gasteiger partial charge in [-0.25, -0.2) is 16.8 Å². The number of carbonyl (C=O) groups is 1. The summed E-state index contributed by atoms with van der Waals surface area (Å²) in [7, 11) is -6.30. The molecule has 0 saturated carbocycles. The molecule has 2 aliphatic heterocycles. The van der Waals surface area contributed by atoms with E-state index < -0.39 is 32.1 Å². The predicted octanol–water partition coefficient (Wildman–Crippen LogP) is 1.54. The van der Waals surface area contributed by atoms with Crippen LogP contribution in [0.4, 0.5) is 11.4 Å². The van der Waals surface area contributed by atoms with Crippen LogP contribution in [0.5, 0.6) is 11.5 Å². The molecule has 35 heavy (non-hydrogen) atoms. The average Bonchev–Trinajstić information content (AvgIpc) is 2.83. The standard InChI is InChI=1S/C21H24ClN3O8S2/c1-31-18-6-4-15(12-20(18)35(29,30)24-7-9-32-10-8-24)23-21(26)19-13-25(34(2,27)28)16-11-14(22)3-5-17(16)33-19/h3-6,11-12,19H,7-10,13H2,1-2H3,(H,23,26)/t19-/m0/s1. The fraction of sp³-hybridized carbons (Fsp3) is 0.381. The fourth-order valence-corrected chi connectivity index (χ4v) is 6.44. The number of methoxy groups -OCH3 is 1. The Bertz CT molecular complexity index is 1340. The molecule has 11 nitrogen and oxygen atoms in total. The third-order valence-electron chi connectivity index (χ3n) is 5.50. The van der Waals surface area contributed by atoms with E-state index in [-0.39, 0.29) is 60.6 Å². The van der Waals surface area contributed by atoms with Crippen molar-refractivity contribution < 1.29 is 35.8 Å². The van der Waals surface area contributed by atoms with Crippen LogP contribution < -0.4 is 19.1 Å². The van der Waals surface area contributed by atoms with Crippen molar-refractivity contribution in [2.45, 2.75) is 11.0 Å². The summed E-state index contributed by atoms with van der Waals surface area (Å²) in [5.41, 5.74) is 0.409. The van der Waals surface area contributed by atoms with Crippen LogP contribution in [0.25, 0.3) is 0 Å². The molecule has 1 saturated heterocycles. The maximum atomic E-state index is 13.2. The summed E-state index contributed by atoms with van der Waals surface area (Å²) in [5.74, 6) is -0.354. The van der Waals surface area contributed by atoms with E-state index in [1.54, 1.807) is 0 Å². The number of benzene rings is 2. The number of sulfonamides is 2. The van der Waals surface area contributed by atoms with E-state index in [2.05, 4.69) is 5.32 Å². The number of hydrogen-bond acceptors (Lipinski definition) is 8. The molecule has 2 heterocycles. The molecule has 0 spiro atoms. The minimum absolute atomic E-state index is 0.109. The number of anilines is 2. The Morgan fingerprint density at radius 1 is 1.11 bits per heavy atom. The largest absolute Gasteiger partial charge is 0.495 e. The number of hydrogen-bond donors (Lipinski definition) is 1. The van der Waals surface area contributed by atoms with Crippen LogP contribution in [0.15, 0.2) is 41.3 Å². The first kappa shape index (κ1) is 25.5. The summed E-state index contributed by atoms with van der Waals surface area (Å²) in [4.78, 5) is 12.9. The van der Waals surface area contributed by atoms with Crippen molar-refractivity contribution in [3.05, 3.63) is 41.4 Å². The Morgan fingerprint density at radius 3 is 2.49 bits per heavy atom. The van der Waals surface area contributed by atoms with E-state index in [1.807, 2.05) is 0 Å². The number of nitrogens with one attached hydrogen (secondary N) is 1. The Kier molecular flexibility index (Phi) is 7.16. The van der Waals surface area contributed by atoms with E-state index >= 15 is 0 Å². The van der Waals surface area contributed by atoms with Gasteiger partial charge in [-0.05, 0) is 36.4 Å². The van der Waals surface area contributed by atoms with Gasteiger partial charge in [0.2, 0.25) is 20.0 Å². The monoisotopic (exact) mass is 545 g/mol. The van der Waals surface area contributed by atoms with Crippen LogP contribution in [0.1, 0.15) is 0 Å². The third kappa shape index (κ3) is 5.33. The van der Waals surface area contributed by atoms with Gasteiger partial charge in [-0.2, -0.15) is 4.31 Å². The van der Waals surface area contributed by atoms with Gasteiger partial charge < -0.3 is 19.5 Å². The molecule has 0 aromatic heterocycles. The number of fused-ring (bicyclic) bond motifs is 1. The summed E-state index contributed by atoms with van der Waals surface area (Å²) in [5, 5.41) is 2.93. The first-order valence-electron chi connectivity index (χ1n) is 10.5. The lowest BCUT2D eigenvalue weighted by molar-refractivity contribution is -0.122. The van der Waals surface area contributed by atoms with Gasteiger partial charge in [-0.1, -0.05) is 11.6 Å². The Balaban J connectivity index is 1.60. The van der Waals surface area contributed by atoms with Gasteiger partial charge >= 0.3 is 0 Å². The molecule has 0 aliphatic carbocycles. The number of amides is 1. The molecule has 1 amide bonds. The average molecular weight is 546 g/mol. The molecule has 2 aromatic rings. The highest BCUT2D eigenvalue weighted by Gasteiger charge is 2.36. The van der Waals surface area contributed by atoms with Gasteiger partial charge in [0.15, 0.2) is 6.10 Å². The van der Waals surface area contributed by atoms with Crippen molar-refractivity contribution in [1.82, 2.24) is 4.31 Å². The fourth-order valence-electron chi connectivity index (χ4n) is 3.78. The number of halogens is 1. The Labute approximate surface area is 208 Å². The molecular formula is C21H24ClN3O8S2. The molecule has 4 rings (SSSR count). The number of nitrogens with zero attached hydrogens (tertiary/aromatic N) is 2. The topological polar surface area (TPSA) is 132 Å². The van der Waals surface area contributed by atoms with Gasteiger partial charge in [-0.15, -0.1) is 0 Å². The van der Waals surface area contributed by atoms with Crippen LogP contribution >= 0.6 is 11.6 Å². The van der Waals surface area contributed by atoms with Crippen molar-refractivity contribution in [2.75, 3.05) is 55.8 Å². The number of ether oxygens (including phenoxy) is 3. The number of carbonyl (C=O) groups excluding carboxylic acids is 1. The zero-order chi connectivity index (χ0) is 25.4. The third-order valence-corrected chi connectivity index (χ3v) is 8.80. The lowest BCUT2D eigenvalue weighted by Gasteiger charge is -2.34. The molecule has 0 bridgehead atoms. The molecule has 1 atom stereocenters. The normalized spacial score (nSPS) is 18.9. The predicted molar refractivity (Wildman–Crippen MR) is 129 cm³/mol. The minimum Gasteiger partial charge on any atom is -0.495 e. The summed E-state index contributed by atoms with van der Waals surface area (Å²) >= 11 is 6.00. The van der Waals surface area contributed by atoms with Crippen LogP contribution in [0.3, 0.4) is 0 Å². The molecule has 14 heteroatoms. The quantitative estimate of drug-likeness (QED) is 0.578. The van der Waals surface area contributed by atoms with Crippen molar-refractivity contribution >= 4 is 48.9 Å². The summed E-state index contributed by atoms with van der Waals surface area (Å²) in [6.45, 7) is 0.666. The smallest absolute Gasteiger partial charge is 0.267 e. The molecule has 2 aromatic carbocycles. The SMILES string of the molecule is COc1ccc(NC(=O)[C@@H]2CN(S(C)(=O)=O)c3cc(Cl)ccc3O2)cc1S(=O)(=O)N1CCOCC1. The molecule has 1 N–H and O–H groups in total. The van der Waals surface area contributed by atoms with E-state index in [4.69, 9.17) is 25.8 Å². The van der Waals surface area contributed by atoms with E-state index in [9.17, 15) is 21.6 Å². The van der Waals surface area contributed by atoms with E-state index in [1.165, 1.54) is 47.8 Å². The Morgan fingerprint density at radius 2 is 1.83 bits per heavy atom. The summed E-state index contributed by atoms with van der Waals surface area (Å²) in [6.07, 6.45) is -0.177. The first-order valence-corrected chi connectivity index (χ1v) is 14.2. The second-order valence-corrected chi connectivity index (χ2v) is 12.1. The van der Waals surface area contributed by atoms with Crippen molar-refractivity contribution in [3.8, 4) is 11.5 Å². The van der Waals surface area contributed by atoms with Crippen molar-refractivity contribution in [1.29, 1.82) is 0 Å². The molecule has 0 unspecified atom stereocenters. The highest BCUT2D eigenvalue weighted by molar-refractivity contribution is 7.92. The maximum absolute atomic E-state index is 13.2. The van der Waals surface area contributed by atoms with Gasteiger partial charge in [-0.3, -0.25) is 9.10 Å².